The van der Waals surface area contributed by atoms with Gasteiger partial charge in [0.25, 0.3) is 5.91 Å². The number of carbonyl (C=O) groups excluding carboxylic acids is 1. The minimum atomic E-state index is 0.0856. The molecular formula is C13H17NO2. The number of hydrogen-bond donors (Lipinski definition) is 1. The summed E-state index contributed by atoms with van der Waals surface area (Å²) in [5.41, 5.74) is 1.54. The highest BCUT2D eigenvalue weighted by Crippen LogP contribution is 2.29. The molecule has 1 amide bonds. The minimum Gasteiger partial charge on any atom is -0.508 e. The third-order valence-corrected chi connectivity index (χ3v) is 3.03. The molecule has 0 spiro atoms. The normalized spacial score (nSPS) is 14.9. The summed E-state index contributed by atoms with van der Waals surface area (Å²) in [4.78, 5) is 14.1. The van der Waals surface area contributed by atoms with E-state index in [-0.39, 0.29) is 11.7 Å². The maximum atomic E-state index is 12.2. The first kappa shape index (κ1) is 11.0. The fourth-order valence-corrected chi connectivity index (χ4v) is 2.00. The van der Waals surface area contributed by atoms with Crippen molar-refractivity contribution < 1.29 is 9.90 Å². The number of aryl methyl sites for hydroxylation is 1. The summed E-state index contributed by atoms with van der Waals surface area (Å²) in [7, 11) is 0. The molecule has 3 heteroatoms. The van der Waals surface area contributed by atoms with Crippen molar-refractivity contribution in [2.45, 2.75) is 32.7 Å². The molecule has 1 aliphatic carbocycles. The Balaban J connectivity index is 2.25. The molecule has 1 saturated carbocycles. The van der Waals surface area contributed by atoms with E-state index >= 15 is 0 Å². The van der Waals surface area contributed by atoms with Crippen LogP contribution < -0.4 is 0 Å². The van der Waals surface area contributed by atoms with Gasteiger partial charge in [0.05, 0.1) is 0 Å². The van der Waals surface area contributed by atoms with Crippen LogP contribution in [0.4, 0.5) is 0 Å². The largest absolute Gasteiger partial charge is 0.508 e. The van der Waals surface area contributed by atoms with Crippen LogP contribution in [0.2, 0.25) is 0 Å². The van der Waals surface area contributed by atoms with E-state index < -0.39 is 0 Å². The SMILES string of the molecule is CCN(C(=O)c1ccc(O)cc1C)C1CC1. The van der Waals surface area contributed by atoms with E-state index in [1.165, 1.54) is 0 Å². The van der Waals surface area contributed by atoms with Gasteiger partial charge in [-0.15, -0.1) is 0 Å². The van der Waals surface area contributed by atoms with E-state index in [0.717, 1.165) is 24.9 Å². The van der Waals surface area contributed by atoms with Crippen LogP contribution in [0.5, 0.6) is 5.75 Å². The van der Waals surface area contributed by atoms with Crippen LogP contribution in [-0.2, 0) is 0 Å². The third-order valence-electron chi connectivity index (χ3n) is 3.03. The summed E-state index contributed by atoms with van der Waals surface area (Å²) in [5.74, 6) is 0.297. The van der Waals surface area contributed by atoms with Gasteiger partial charge in [-0.2, -0.15) is 0 Å². The highest BCUT2D eigenvalue weighted by atomic mass is 16.3. The van der Waals surface area contributed by atoms with Gasteiger partial charge in [-0.1, -0.05) is 0 Å². The first-order valence-corrected chi connectivity index (χ1v) is 5.74. The molecule has 0 saturated heterocycles. The number of nitrogens with zero attached hydrogens (tertiary/aromatic N) is 1. The highest BCUT2D eigenvalue weighted by molar-refractivity contribution is 5.96. The summed E-state index contributed by atoms with van der Waals surface area (Å²) in [5, 5.41) is 9.31. The summed E-state index contributed by atoms with van der Waals surface area (Å²) >= 11 is 0. The van der Waals surface area contributed by atoms with E-state index in [4.69, 9.17) is 0 Å². The molecule has 1 N–H and O–H groups in total. The van der Waals surface area contributed by atoms with Crippen molar-refractivity contribution in [3.05, 3.63) is 29.3 Å². The molecule has 0 heterocycles. The number of phenolic OH excluding ortho intramolecular Hbond substituents is 1. The van der Waals surface area contributed by atoms with Crippen LogP contribution >= 0.6 is 0 Å². The molecule has 16 heavy (non-hydrogen) atoms. The van der Waals surface area contributed by atoms with Crippen LogP contribution in [-0.4, -0.2) is 28.5 Å². The third kappa shape index (κ3) is 2.03. The van der Waals surface area contributed by atoms with Gasteiger partial charge < -0.3 is 10.0 Å². The lowest BCUT2D eigenvalue weighted by atomic mass is 10.1. The summed E-state index contributed by atoms with van der Waals surface area (Å²) < 4.78 is 0. The Hall–Kier alpha value is -1.51. The molecular weight excluding hydrogens is 202 g/mol. The number of phenols is 1. The number of aromatic hydroxyl groups is 1. The van der Waals surface area contributed by atoms with Gasteiger partial charge in [0.2, 0.25) is 0 Å². The van der Waals surface area contributed by atoms with Gasteiger partial charge in [-0.25, -0.2) is 0 Å². The number of amides is 1. The van der Waals surface area contributed by atoms with E-state index in [0.29, 0.717) is 11.6 Å². The molecule has 0 atom stereocenters. The minimum absolute atomic E-state index is 0.0856. The van der Waals surface area contributed by atoms with Crippen molar-refractivity contribution >= 4 is 5.91 Å². The monoisotopic (exact) mass is 219 g/mol. The topological polar surface area (TPSA) is 40.5 Å². The van der Waals surface area contributed by atoms with Gasteiger partial charge in [0.15, 0.2) is 0 Å². The standard InChI is InChI=1S/C13H17NO2/c1-3-14(10-4-5-10)13(16)12-7-6-11(15)8-9(12)2/h6-8,10,15H,3-5H2,1-2H3. The lowest BCUT2D eigenvalue weighted by molar-refractivity contribution is 0.0752. The molecule has 3 nitrogen and oxygen atoms in total. The molecule has 86 valence electrons. The lowest BCUT2D eigenvalue weighted by Crippen LogP contribution is -2.33. The van der Waals surface area contributed by atoms with Crippen LogP contribution in [0.1, 0.15) is 35.7 Å². The van der Waals surface area contributed by atoms with Crippen molar-refractivity contribution in [3.8, 4) is 5.75 Å². The second-order valence-electron chi connectivity index (χ2n) is 4.32. The van der Waals surface area contributed by atoms with Crippen molar-refractivity contribution in [2.75, 3.05) is 6.54 Å². The van der Waals surface area contributed by atoms with Gasteiger partial charge in [-0.3, -0.25) is 4.79 Å². The van der Waals surface area contributed by atoms with Gasteiger partial charge >= 0.3 is 0 Å². The maximum absolute atomic E-state index is 12.2. The predicted octanol–water partition coefficient (Wildman–Crippen LogP) is 2.33. The summed E-state index contributed by atoms with van der Waals surface area (Å²) in [6, 6.07) is 5.35. The fourth-order valence-electron chi connectivity index (χ4n) is 2.00. The number of benzene rings is 1. The van der Waals surface area contributed by atoms with Crippen molar-refractivity contribution in [3.63, 3.8) is 0 Å². The van der Waals surface area contributed by atoms with E-state index in [2.05, 4.69) is 0 Å². The average Bonchev–Trinajstić information content (AvgIpc) is 3.02. The summed E-state index contributed by atoms with van der Waals surface area (Å²) in [6.45, 7) is 4.61. The average molecular weight is 219 g/mol. The molecule has 0 unspecified atom stereocenters. The maximum Gasteiger partial charge on any atom is 0.254 e. The van der Waals surface area contributed by atoms with E-state index in [9.17, 15) is 9.90 Å². The van der Waals surface area contributed by atoms with Crippen molar-refractivity contribution in [1.82, 2.24) is 4.90 Å². The molecule has 0 bridgehead atoms. The quantitative estimate of drug-likeness (QED) is 0.847. The van der Waals surface area contributed by atoms with Crippen LogP contribution in [0.3, 0.4) is 0 Å². The van der Waals surface area contributed by atoms with Crippen molar-refractivity contribution in [1.29, 1.82) is 0 Å². The Morgan fingerprint density at radius 2 is 2.19 bits per heavy atom. The number of rotatable bonds is 3. The molecule has 2 rings (SSSR count). The Morgan fingerprint density at radius 3 is 2.69 bits per heavy atom. The van der Waals surface area contributed by atoms with Crippen LogP contribution in [0.15, 0.2) is 18.2 Å². The number of carbonyl (C=O) groups is 1. The molecule has 0 radical (unpaired) electrons. The van der Waals surface area contributed by atoms with E-state index in [1.54, 1.807) is 18.2 Å². The molecule has 1 fully saturated rings. The molecule has 1 aromatic rings. The Bertz CT molecular complexity index is 410. The summed E-state index contributed by atoms with van der Waals surface area (Å²) in [6.07, 6.45) is 2.24. The van der Waals surface area contributed by atoms with E-state index in [1.807, 2.05) is 18.7 Å². The first-order valence-electron chi connectivity index (χ1n) is 5.74. The Morgan fingerprint density at radius 1 is 1.50 bits per heavy atom. The zero-order chi connectivity index (χ0) is 11.7. The first-order chi connectivity index (χ1) is 7.63. The number of hydrogen-bond acceptors (Lipinski definition) is 2. The highest BCUT2D eigenvalue weighted by Gasteiger charge is 2.32. The molecule has 0 aliphatic heterocycles. The zero-order valence-electron chi connectivity index (χ0n) is 9.73. The smallest absolute Gasteiger partial charge is 0.254 e. The van der Waals surface area contributed by atoms with Gasteiger partial charge in [-0.05, 0) is 50.5 Å². The molecule has 0 aromatic heterocycles. The fraction of sp³-hybridized carbons (Fsp3) is 0.462. The van der Waals surface area contributed by atoms with Crippen molar-refractivity contribution in [2.24, 2.45) is 0 Å². The zero-order valence-corrected chi connectivity index (χ0v) is 9.73. The second kappa shape index (κ2) is 4.16. The van der Waals surface area contributed by atoms with Crippen LogP contribution in [0, 0.1) is 6.92 Å². The Kier molecular flexibility index (Phi) is 2.86. The second-order valence-corrected chi connectivity index (χ2v) is 4.32. The predicted molar refractivity (Wildman–Crippen MR) is 62.6 cm³/mol. The van der Waals surface area contributed by atoms with Gasteiger partial charge in [0.1, 0.15) is 5.75 Å². The van der Waals surface area contributed by atoms with Gasteiger partial charge in [0, 0.05) is 18.2 Å². The molecule has 1 aliphatic rings. The Labute approximate surface area is 95.7 Å². The molecule has 1 aromatic carbocycles. The van der Waals surface area contributed by atoms with Crippen LogP contribution in [0.25, 0.3) is 0 Å². The lowest BCUT2D eigenvalue weighted by Gasteiger charge is -2.21.